The van der Waals surface area contributed by atoms with Crippen LogP contribution in [0.4, 0.5) is 0 Å². The summed E-state index contributed by atoms with van der Waals surface area (Å²) in [5.74, 6) is -0.0590. The molecule has 0 aromatic heterocycles. The number of hydrogen-bond donors (Lipinski definition) is 3. The second-order valence-electron chi connectivity index (χ2n) is 23.9. The van der Waals surface area contributed by atoms with Gasteiger partial charge >= 0.3 is 5.97 Å². The van der Waals surface area contributed by atoms with Gasteiger partial charge in [0.05, 0.1) is 25.4 Å². The van der Waals surface area contributed by atoms with Crippen molar-refractivity contribution in [1.82, 2.24) is 5.32 Å². The Bertz CT molecular complexity index is 1250. The highest BCUT2D eigenvalue weighted by molar-refractivity contribution is 5.76. The minimum absolute atomic E-state index is 0.00562. The monoisotopic (exact) mass is 1080 g/mol. The summed E-state index contributed by atoms with van der Waals surface area (Å²) in [6.07, 6.45) is 85.0. The van der Waals surface area contributed by atoms with Gasteiger partial charge in [-0.3, -0.25) is 9.59 Å². The van der Waals surface area contributed by atoms with Gasteiger partial charge < -0.3 is 20.3 Å². The normalized spacial score (nSPS) is 12.7. The molecular formula is C71H135NO5. The Balaban J connectivity index is 3.41. The van der Waals surface area contributed by atoms with Crippen molar-refractivity contribution < 1.29 is 24.5 Å². The van der Waals surface area contributed by atoms with Gasteiger partial charge in [0.25, 0.3) is 0 Å². The van der Waals surface area contributed by atoms with E-state index in [2.05, 4.69) is 43.5 Å². The van der Waals surface area contributed by atoms with Crippen LogP contribution < -0.4 is 5.32 Å². The zero-order valence-electron chi connectivity index (χ0n) is 52.0. The zero-order valence-corrected chi connectivity index (χ0v) is 52.0. The standard InChI is InChI=1S/C71H135NO5/c1-3-5-7-9-11-13-15-17-18-19-20-31-34-37-40-43-47-51-55-59-63-69(74)68(67-73)72-70(75)64-60-56-52-48-44-41-38-35-32-29-27-25-23-21-22-24-26-28-30-33-36-39-42-46-50-54-58-62-66-77-71(76)65-61-57-53-49-45-16-14-12-10-8-6-4-2/h12,14,21-22,59,63,68-69,73-74H,3-11,13,15-20,23-58,60-62,64-67H2,1-2H3,(H,72,75)/b14-12-,22-21-,63-59+. The molecule has 6 heteroatoms. The maximum Gasteiger partial charge on any atom is 0.305 e. The molecule has 0 bridgehead atoms. The van der Waals surface area contributed by atoms with E-state index in [4.69, 9.17) is 4.74 Å². The molecule has 0 aliphatic carbocycles. The van der Waals surface area contributed by atoms with Crippen molar-refractivity contribution in [3.8, 4) is 0 Å². The van der Waals surface area contributed by atoms with E-state index in [-0.39, 0.29) is 18.5 Å². The predicted octanol–water partition coefficient (Wildman–Crippen LogP) is 22.3. The largest absolute Gasteiger partial charge is 0.466 e. The van der Waals surface area contributed by atoms with Gasteiger partial charge in [-0.25, -0.2) is 0 Å². The molecule has 0 saturated carbocycles. The number of aliphatic hydroxyl groups is 2. The lowest BCUT2D eigenvalue weighted by atomic mass is 10.0. The number of amides is 1. The van der Waals surface area contributed by atoms with Crippen molar-refractivity contribution in [2.45, 2.75) is 392 Å². The lowest BCUT2D eigenvalue weighted by Crippen LogP contribution is -2.45. The highest BCUT2D eigenvalue weighted by Gasteiger charge is 2.18. The van der Waals surface area contributed by atoms with E-state index in [0.717, 1.165) is 44.9 Å². The van der Waals surface area contributed by atoms with E-state index in [0.29, 0.717) is 19.4 Å². The molecule has 0 spiro atoms. The Kier molecular flexibility index (Phi) is 64.9. The second kappa shape index (κ2) is 66.6. The van der Waals surface area contributed by atoms with Gasteiger partial charge in [0.1, 0.15) is 0 Å². The maximum atomic E-state index is 12.5. The third kappa shape index (κ3) is 63.1. The van der Waals surface area contributed by atoms with Crippen LogP contribution in [0.2, 0.25) is 0 Å². The molecule has 1 amide bonds. The van der Waals surface area contributed by atoms with Crippen molar-refractivity contribution in [2.24, 2.45) is 0 Å². The molecule has 0 aromatic carbocycles. The highest BCUT2D eigenvalue weighted by Crippen LogP contribution is 2.18. The van der Waals surface area contributed by atoms with Crippen LogP contribution in [0, 0.1) is 0 Å². The van der Waals surface area contributed by atoms with Crippen molar-refractivity contribution in [1.29, 1.82) is 0 Å². The van der Waals surface area contributed by atoms with Crippen molar-refractivity contribution >= 4 is 11.9 Å². The summed E-state index contributed by atoms with van der Waals surface area (Å²) in [4.78, 5) is 24.5. The van der Waals surface area contributed by atoms with Crippen LogP contribution in [0.25, 0.3) is 0 Å². The minimum Gasteiger partial charge on any atom is -0.466 e. The number of esters is 1. The van der Waals surface area contributed by atoms with Gasteiger partial charge in [0.2, 0.25) is 5.91 Å². The molecule has 6 nitrogen and oxygen atoms in total. The number of hydrogen-bond acceptors (Lipinski definition) is 5. The molecule has 0 rings (SSSR count). The van der Waals surface area contributed by atoms with Crippen LogP contribution in [0.5, 0.6) is 0 Å². The Morgan fingerprint density at radius 1 is 0.351 bits per heavy atom. The molecule has 77 heavy (non-hydrogen) atoms. The van der Waals surface area contributed by atoms with Crippen LogP contribution in [0.1, 0.15) is 380 Å². The average Bonchev–Trinajstić information content (AvgIpc) is 3.43. The van der Waals surface area contributed by atoms with Crippen LogP contribution >= 0.6 is 0 Å². The summed E-state index contributed by atoms with van der Waals surface area (Å²) in [7, 11) is 0. The van der Waals surface area contributed by atoms with Gasteiger partial charge in [-0.05, 0) is 83.5 Å². The Morgan fingerprint density at radius 2 is 0.610 bits per heavy atom. The van der Waals surface area contributed by atoms with E-state index in [1.165, 1.54) is 308 Å². The van der Waals surface area contributed by atoms with E-state index in [1.807, 2.05) is 6.08 Å². The van der Waals surface area contributed by atoms with Crippen LogP contribution in [0.15, 0.2) is 36.5 Å². The van der Waals surface area contributed by atoms with Crippen molar-refractivity contribution in [3.63, 3.8) is 0 Å². The molecule has 0 aliphatic rings. The summed E-state index contributed by atoms with van der Waals surface area (Å²) in [5, 5.41) is 23.2. The topological polar surface area (TPSA) is 95.9 Å². The molecule has 0 aromatic rings. The number of nitrogens with one attached hydrogen (secondary N) is 1. The fraction of sp³-hybridized carbons (Fsp3) is 0.887. The lowest BCUT2D eigenvalue weighted by Gasteiger charge is -2.20. The van der Waals surface area contributed by atoms with Crippen LogP contribution in [-0.4, -0.2) is 47.4 Å². The molecule has 0 saturated heterocycles. The van der Waals surface area contributed by atoms with Crippen molar-refractivity contribution in [3.05, 3.63) is 36.5 Å². The van der Waals surface area contributed by atoms with Gasteiger partial charge in [0.15, 0.2) is 0 Å². The number of rotatable bonds is 65. The summed E-state index contributed by atoms with van der Waals surface area (Å²) in [6.45, 7) is 4.91. The molecule has 2 atom stereocenters. The number of carbonyl (C=O) groups is 2. The summed E-state index contributed by atoms with van der Waals surface area (Å²) in [6, 6.07) is -0.629. The molecule has 0 heterocycles. The molecule has 0 fully saturated rings. The molecule has 0 aliphatic heterocycles. The van der Waals surface area contributed by atoms with Gasteiger partial charge in [-0.15, -0.1) is 0 Å². The van der Waals surface area contributed by atoms with E-state index in [1.54, 1.807) is 6.08 Å². The maximum absolute atomic E-state index is 12.5. The van der Waals surface area contributed by atoms with Crippen LogP contribution in [-0.2, 0) is 14.3 Å². The second-order valence-corrected chi connectivity index (χ2v) is 23.9. The fourth-order valence-corrected chi connectivity index (χ4v) is 10.8. The Hall–Kier alpha value is -1.92. The third-order valence-corrected chi connectivity index (χ3v) is 16.1. The van der Waals surface area contributed by atoms with Gasteiger partial charge in [-0.2, -0.15) is 0 Å². The molecule has 2 unspecified atom stereocenters. The van der Waals surface area contributed by atoms with Gasteiger partial charge in [-0.1, -0.05) is 320 Å². The zero-order chi connectivity index (χ0) is 55.7. The molecule has 0 radical (unpaired) electrons. The first-order valence-electron chi connectivity index (χ1n) is 34.8. The first-order valence-corrected chi connectivity index (χ1v) is 34.8. The first-order chi connectivity index (χ1) is 38.0. The molecular weight excluding hydrogens is 947 g/mol. The summed E-state index contributed by atoms with van der Waals surface area (Å²) in [5.41, 5.74) is 0. The number of aliphatic hydroxyl groups excluding tert-OH is 2. The lowest BCUT2D eigenvalue weighted by molar-refractivity contribution is -0.143. The first kappa shape index (κ1) is 75.1. The fourth-order valence-electron chi connectivity index (χ4n) is 10.8. The predicted molar refractivity (Wildman–Crippen MR) is 338 cm³/mol. The van der Waals surface area contributed by atoms with Gasteiger partial charge in [0, 0.05) is 12.8 Å². The SMILES string of the molecule is CCCCC/C=C\CCCCCCCC(=O)OCCCCCCCCCCCCCC/C=C\CCCCCCCCCCCCCCC(=O)NC(CO)C(O)/C=C/CCCCCCCCCCCCCCCCCCCC. The Morgan fingerprint density at radius 3 is 0.948 bits per heavy atom. The van der Waals surface area contributed by atoms with E-state index < -0.39 is 12.1 Å². The highest BCUT2D eigenvalue weighted by atomic mass is 16.5. The number of ether oxygens (including phenoxy) is 1. The number of allylic oxidation sites excluding steroid dienone is 5. The number of unbranched alkanes of at least 4 members (excludes halogenated alkanes) is 50. The molecule has 454 valence electrons. The third-order valence-electron chi connectivity index (χ3n) is 16.1. The summed E-state index contributed by atoms with van der Waals surface area (Å²) < 4.78 is 5.47. The van der Waals surface area contributed by atoms with Crippen LogP contribution in [0.3, 0.4) is 0 Å². The quantitative estimate of drug-likeness (QED) is 0.0320. The van der Waals surface area contributed by atoms with Crippen molar-refractivity contribution in [2.75, 3.05) is 13.2 Å². The van der Waals surface area contributed by atoms with E-state index >= 15 is 0 Å². The summed E-state index contributed by atoms with van der Waals surface area (Å²) >= 11 is 0. The average molecular weight is 1080 g/mol. The smallest absolute Gasteiger partial charge is 0.305 e. The van der Waals surface area contributed by atoms with E-state index in [9.17, 15) is 19.8 Å². The number of carbonyl (C=O) groups excluding carboxylic acids is 2. The molecule has 3 N–H and O–H groups in total. The Labute approximate surface area is 481 Å². The minimum atomic E-state index is -0.845.